The molecule has 1 aromatic carbocycles. The zero-order chi connectivity index (χ0) is 33.7. The van der Waals surface area contributed by atoms with Gasteiger partial charge in [-0.1, -0.05) is 11.6 Å². The van der Waals surface area contributed by atoms with Gasteiger partial charge in [-0.15, -0.1) is 0 Å². The zero-order valence-electron chi connectivity index (χ0n) is 24.7. The average Bonchev–Trinajstić information content (AvgIpc) is 3.31. The highest BCUT2D eigenvalue weighted by atomic mass is 35.5. The van der Waals surface area contributed by atoms with E-state index in [0.29, 0.717) is 25.9 Å². The van der Waals surface area contributed by atoms with Crippen molar-refractivity contribution >= 4 is 35.1 Å². The number of H-pyrrole nitrogens is 2. The number of amides is 4. The van der Waals surface area contributed by atoms with Crippen molar-refractivity contribution < 1.29 is 36.3 Å². The molecule has 2 saturated carbocycles. The summed E-state index contributed by atoms with van der Waals surface area (Å²) >= 11 is 6.35. The van der Waals surface area contributed by atoms with E-state index in [1.54, 1.807) is 4.90 Å². The van der Waals surface area contributed by atoms with Crippen LogP contribution >= 0.6 is 11.6 Å². The number of alkyl halides is 5. The molecule has 0 bridgehead atoms. The van der Waals surface area contributed by atoms with E-state index in [1.165, 1.54) is 18.2 Å². The van der Waals surface area contributed by atoms with Crippen molar-refractivity contribution in [3.8, 4) is 0 Å². The zero-order valence-corrected chi connectivity index (χ0v) is 25.4. The Bertz CT molecular complexity index is 1680. The van der Waals surface area contributed by atoms with Gasteiger partial charge in [-0.2, -0.15) is 18.3 Å². The third kappa shape index (κ3) is 7.20. The van der Waals surface area contributed by atoms with Gasteiger partial charge < -0.3 is 31.6 Å². The number of imidazole rings is 1. The van der Waals surface area contributed by atoms with Crippen LogP contribution in [-0.2, 0) is 12.6 Å². The molecule has 0 spiro atoms. The van der Waals surface area contributed by atoms with E-state index >= 15 is 0 Å². The minimum atomic E-state index is -4.88. The van der Waals surface area contributed by atoms with Crippen molar-refractivity contribution in [2.24, 2.45) is 5.73 Å². The van der Waals surface area contributed by atoms with Gasteiger partial charge in [0.25, 0.3) is 17.7 Å². The minimum Gasteiger partial charge on any atom is -0.349 e. The summed E-state index contributed by atoms with van der Waals surface area (Å²) in [4.78, 5) is 46.4. The summed E-state index contributed by atoms with van der Waals surface area (Å²) in [6.07, 6.45) is -2.14. The summed E-state index contributed by atoms with van der Waals surface area (Å²) in [5.74, 6) is -5.94. The van der Waals surface area contributed by atoms with Gasteiger partial charge in [-0.3, -0.25) is 14.7 Å². The number of likely N-dealkylation sites (tertiary alicyclic amines) is 1. The molecule has 6 rings (SSSR count). The first-order valence-corrected chi connectivity index (χ1v) is 15.3. The van der Waals surface area contributed by atoms with Crippen LogP contribution in [0.5, 0.6) is 0 Å². The summed E-state index contributed by atoms with van der Waals surface area (Å²) in [5.41, 5.74) is 4.18. The van der Waals surface area contributed by atoms with Crippen LogP contribution in [0.2, 0.25) is 5.02 Å². The minimum absolute atomic E-state index is 0.0556. The first kappa shape index (κ1) is 32.7. The Labute approximate surface area is 269 Å². The first-order valence-electron chi connectivity index (χ1n) is 15.0. The number of piperidine rings is 1. The van der Waals surface area contributed by atoms with E-state index in [4.69, 9.17) is 17.3 Å². The molecule has 3 heterocycles. The molecule has 1 saturated heterocycles. The number of benzene rings is 1. The van der Waals surface area contributed by atoms with Gasteiger partial charge >= 0.3 is 12.2 Å². The van der Waals surface area contributed by atoms with Crippen molar-refractivity contribution in [3.63, 3.8) is 0 Å². The molecule has 0 unspecified atom stereocenters. The van der Waals surface area contributed by atoms with E-state index in [2.05, 4.69) is 36.1 Å². The highest BCUT2D eigenvalue weighted by Crippen LogP contribution is 2.56. The van der Waals surface area contributed by atoms with Crippen molar-refractivity contribution in [3.05, 3.63) is 63.5 Å². The Morgan fingerprint density at radius 1 is 1.09 bits per heavy atom. The van der Waals surface area contributed by atoms with Crippen molar-refractivity contribution in [1.82, 2.24) is 35.7 Å². The number of anilines is 1. The second-order valence-corrected chi connectivity index (χ2v) is 12.6. The van der Waals surface area contributed by atoms with Crippen LogP contribution in [0.3, 0.4) is 0 Å². The van der Waals surface area contributed by atoms with E-state index in [1.807, 2.05) is 0 Å². The lowest BCUT2D eigenvalue weighted by Gasteiger charge is -2.37. The number of aromatic amines is 2. The van der Waals surface area contributed by atoms with Gasteiger partial charge in [0.05, 0.1) is 16.5 Å². The molecule has 18 heteroatoms. The van der Waals surface area contributed by atoms with Gasteiger partial charge in [0.1, 0.15) is 0 Å². The number of nitrogens with two attached hydrogens (primary N) is 1. The number of nitrogens with zero attached hydrogens (tertiary/aromatic N) is 3. The maximum absolute atomic E-state index is 13.7. The topological polar surface area (TPSA) is 174 Å². The van der Waals surface area contributed by atoms with E-state index < -0.39 is 53.9 Å². The largest absolute Gasteiger partial charge is 0.435 e. The van der Waals surface area contributed by atoms with Crippen LogP contribution in [0.1, 0.15) is 81.6 Å². The monoisotopic (exact) mass is 683 g/mol. The molecule has 12 nitrogen and oxygen atoms in total. The lowest BCUT2D eigenvalue weighted by molar-refractivity contribution is -0.141. The lowest BCUT2D eigenvalue weighted by atomic mass is 9.88. The summed E-state index contributed by atoms with van der Waals surface area (Å²) in [7, 11) is 0. The Morgan fingerprint density at radius 3 is 2.40 bits per heavy atom. The number of carbonyl (C=O) groups excluding carboxylic acids is 3. The number of nitrogens with one attached hydrogen (secondary N) is 5. The SMILES string of the molecule is NC1CC(NC(=O)N2CCC(NC(=O)c3ccc(NC(=O)c4ncc(Cc5c(C(F)(F)F)n[nH]c5[C@@H]5CC5(F)F)[nH]4)cc3Cl)CC2)C1. The summed E-state index contributed by atoms with van der Waals surface area (Å²) < 4.78 is 67.9. The second-order valence-electron chi connectivity index (χ2n) is 12.2. The number of halogens is 6. The fourth-order valence-corrected chi connectivity index (χ4v) is 6.13. The van der Waals surface area contributed by atoms with Gasteiger partial charge in [0.2, 0.25) is 0 Å². The maximum atomic E-state index is 13.7. The number of rotatable bonds is 8. The molecule has 3 aliphatic rings. The molecule has 1 aliphatic heterocycles. The van der Waals surface area contributed by atoms with Crippen LogP contribution in [0.25, 0.3) is 0 Å². The third-order valence-corrected chi connectivity index (χ3v) is 8.96. The summed E-state index contributed by atoms with van der Waals surface area (Å²) in [6, 6.07) is 4.17. The summed E-state index contributed by atoms with van der Waals surface area (Å²) in [5, 5.41) is 13.8. The molecule has 7 N–H and O–H groups in total. The van der Waals surface area contributed by atoms with Crippen molar-refractivity contribution in [2.75, 3.05) is 18.4 Å². The Kier molecular flexibility index (Phi) is 8.63. The van der Waals surface area contributed by atoms with Gasteiger partial charge in [-0.05, 0) is 43.9 Å². The number of hydrogen-bond acceptors (Lipinski definition) is 6. The molecule has 252 valence electrons. The predicted octanol–water partition coefficient (Wildman–Crippen LogP) is 4.16. The normalized spacial score (nSPS) is 22.4. The number of urea groups is 1. The standard InChI is InChI=1S/C29H31ClF5N9O3/c30-21-10-15(1-2-18(21)25(45)39-14-3-5-44(6-4-14)27(47)41-16-7-13(36)8-16)40-26(46)24-37-12-17(38-24)9-19-22(20-11-28(20,31)32)42-43-23(19)29(33,34)35/h1-2,10,12-14,16,20H,3-9,11,36H2,(H,37,38)(H,39,45)(H,40,46)(H,41,47)(H,42,43)/t13?,16?,20-/m0/s1. The fraction of sp³-hybridized carbons (Fsp3) is 0.483. The van der Waals surface area contributed by atoms with E-state index in [0.717, 1.165) is 19.0 Å². The second kappa shape index (κ2) is 12.4. The van der Waals surface area contributed by atoms with Crippen LogP contribution in [0.4, 0.5) is 32.4 Å². The molecule has 4 amide bonds. The molecule has 2 aromatic heterocycles. The molecule has 0 radical (unpaired) electrons. The fourth-order valence-electron chi connectivity index (χ4n) is 5.86. The molecular formula is C29H31ClF5N9O3. The van der Waals surface area contributed by atoms with Crippen molar-refractivity contribution in [2.45, 2.75) is 74.7 Å². The molecule has 2 aliphatic carbocycles. The molecule has 3 fully saturated rings. The predicted molar refractivity (Wildman–Crippen MR) is 158 cm³/mol. The average molecular weight is 684 g/mol. The van der Waals surface area contributed by atoms with Gasteiger partial charge in [0, 0.05) is 72.9 Å². The number of hydrogen-bond donors (Lipinski definition) is 6. The first-order chi connectivity index (χ1) is 22.2. The molecule has 3 aromatic rings. The smallest absolute Gasteiger partial charge is 0.349 e. The van der Waals surface area contributed by atoms with Crippen molar-refractivity contribution in [1.29, 1.82) is 0 Å². The van der Waals surface area contributed by atoms with Crippen LogP contribution in [0, 0.1) is 0 Å². The molecule has 1 atom stereocenters. The van der Waals surface area contributed by atoms with E-state index in [-0.39, 0.29) is 57.6 Å². The highest BCUT2D eigenvalue weighted by Gasteiger charge is 2.60. The Hall–Kier alpha value is -4.25. The van der Waals surface area contributed by atoms with Crippen LogP contribution < -0.4 is 21.7 Å². The van der Waals surface area contributed by atoms with Gasteiger partial charge in [-0.25, -0.2) is 18.6 Å². The van der Waals surface area contributed by atoms with E-state index in [9.17, 15) is 36.3 Å². The van der Waals surface area contributed by atoms with Gasteiger partial charge in [0.15, 0.2) is 11.5 Å². The number of aromatic nitrogens is 4. The quantitative estimate of drug-likeness (QED) is 0.195. The third-order valence-electron chi connectivity index (χ3n) is 8.64. The highest BCUT2D eigenvalue weighted by molar-refractivity contribution is 6.34. The van der Waals surface area contributed by atoms with Crippen LogP contribution in [-0.4, -0.2) is 80.0 Å². The maximum Gasteiger partial charge on any atom is 0.435 e. The number of carbonyl (C=O) groups is 3. The molecular weight excluding hydrogens is 653 g/mol. The lowest BCUT2D eigenvalue weighted by Crippen LogP contribution is -2.56. The molecule has 47 heavy (non-hydrogen) atoms. The summed E-state index contributed by atoms with van der Waals surface area (Å²) in [6.45, 7) is 0.956. The Balaban J connectivity index is 1.03. The Morgan fingerprint density at radius 2 is 1.79 bits per heavy atom. The van der Waals surface area contributed by atoms with Crippen LogP contribution in [0.15, 0.2) is 24.4 Å².